The van der Waals surface area contributed by atoms with Crippen LogP contribution in [-0.2, 0) is 21.2 Å². The molecule has 1 amide bonds. The number of hydrogen-bond donors (Lipinski definition) is 1. The van der Waals surface area contributed by atoms with Crippen LogP contribution < -0.4 is 10.1 Å². The first-order valence-electron chi connectivity index (χ1n) is 9.44. The normalized spacial score (nSPS) is 14.8. The Hall–Kier alpha value is -2.38. The van der Waals surface area contributed by atoms with E-state index in [1.165, 1.54) is 4.31 Å². The quantitative estimate of drug-likeness (QED) is 0.771. The molecule has 150 valence electrons. The highest BCUT2D eigenvalue weighted by atomic mass is 32.2. The van der Waals surface area contributed by atoms with Gasteiger partial charge in [-0.2, -0.15) is 4.31 Å². The van der Waals surface area contributed by atoms with Gasteiger partial charge in [-0.1, -0.05) is 18.2 Å². The molecule has 0 bridgehead atoms. The van der Waals surface area contributed by atoms with Crippen LogP contribution in [0.25, 0.3) is 0 Å². The number of hydrogen-bond acceptors (Lipinski definition) is 4. The number of nitrogens with one attached hydrogen (secondary N) is 1. The van der Waals surface area contributed by atoms with Crippen molar-refractivity contribution in [2.45, 2.75) is 37.5 Å². The lowest BCUT2D eigenvalue weighted by molar-refractivity contribution is -0.116. The summed E-state index contributed by atoms with van der Waals surface area (Å²) in [6.07, 6.45) is 2.41. The van der Waals surface area contributed by atoms with E-state index in [2.05, 4.69) is 5.32 Å². The molecule has 7 heteroatoms. The molecule has 0 aromatic heterocycles. The van der Waals surface area contributed by atoms with E-state index in [1.54, 1.807) is 25.3 Å². The fourth-order valence-electron chi connectivity index (χ4n) is 3.36. The van der Waals surface area contributed by atoms with Crippen LogP contribution in [0.5, 0.6) is 5.75 Å². The van der Waals surface area contributed by atoms with E-state index in [-0.39, 0.29) is 17.2 Å². The van der Waals surface area contributed by atoms with Crippen LogP contribution in [0.3, 0.4) is 0 Å². The minimum atomic E-state index is -3.50. The van der Waals surface area contributed by atoms with Gasteiger partial charge in [0, 0.05) is 25.2 Å². The van der Waals surface area contributed by atoms with Crippen LogP contribution in [0.2, 0.25) is 0 Å². The zero-order chi connectivity index (χ0) is 20.1. The Morgan fingerprint density at radius 2 is 1.86 bits per heavy atom. The molecule has 1 aliphatic rings. The maximum Gasteiger partial charge on any atom is 0.243 e. The second-order valence-electron chi connectivity index (χ2n) is 6.95. The average molecular weight is 403 g/mol. The van der Waals surface area contributed by atoms with Gasteiger partial charge in [0.2, 0.25) is 15.9 Å². The highest BCUT2D eigenvalue weighted by Gasteiger charge is 2.27. The van der Waals surface area contributed by atoms with Crippen LogP contribution in [0.15, 0.2) is 47.4 Å². The van der Waals surface area contributed by atoms with Crippen LogP contribution in [0, 0.1) is 6.92 Å². The summed E-state index contributed by atoms with van der Waals surface area (Å²) in [5.41, 5.74) is 2.49. The van der Waals surface area contributed by atoms with Crippen molar-refractivity contribution in [3.05, 3.63) is 53.6 Å². The predicted molar refractivity (Wildman–Crippen MR) is 109 cm³/mol. The molecule has 1 N–H and O–H groups in total. The first-order chi connectivity index (χ1) is 13.4. The van der Waals surface area contributed by atoms with Gasteiger partial charge in [0.25, 0.3) is 0 Å². The Morgan fingerprint density at radius 3 is 2.54 bits per heavy atom. The molecule has 0 aliphatic carbocycles. The largest absolute Gasteiger partial charge is 0.496 e. The standard InChI is InChI=1S/C21H26N2O4S/c1-16-7-3-4-8-19(16)22-21(24)12-9-17-15-18(10-11-20(17)27-2)28(25,26)23-13-5-6-14-23/h3-4,7-8,10-11,15H,5-6,9,12-14H2,1-2H3,(H,22,24). The van der Waals surface area contributed by atoms with Crippen molar-refractivity contribution in [2.24, 2.45) is 0 Å². The van der Waals surface area contributed by atoms with Crippen molar-refractivity contribution in [3.8, 4) is 5.75 Å². The minimum absolute atomic E-state index is 0.121. The van der Waals surface area contributed by atoms with Gasteiger partial charge in [0.05, 0.1) is 12.0 Å². The first-order valence-corrected chi connectivity index (χ1v) is 10.9. The third kappa shape index (κ3) is 4.54. The molecule has 0 atom stereocenters. The molecule has 0 spiro atoms. The molecular formula is C21H26N2O4S. The Balaban J connectivity index is 1.73. The van der Waals surface area contributed by atoms with Gasteiger partial charge in [-0.3, -0.25) is 4.79 Å². The van der Waals surface area contributed by atoms with Gasteiger partial charge in [-0.05, 0) is 61.6 Å². The highest BCUT2D eigenvalue weighted by Crippen LogP contribution is 2.27. The van der Waals surface area contributed by atoms with Crippen molar-refractivity contribution in [3.63, 3.8) is 0 Å². The summed E-state index contributed by atoms with van der Waals surface area (Å²) in [5.74, 6) is 0.466. The number of sulfonamides is 1. The number of benzene rings is 2. The maximum absolute atomic E-state index is 12.8. The molecule has 2 aromatic carbocycles. The summed E-state index contributed by atoms with van der Waals surface area (Å²) in [4.78, 5) is 12.6. The molecule has 1 fully saturated rings. The van der Waals surface area contributed by atoms with E-state index in [0.29, 0.717) is 30.8 Å². The highest BCUT2D eigenvalue weighted by molar-refractivity contribution is 7.89. The minimum Gasteiger partial charge on any atom is -0.496 e. The monoisotopic (exact) mass is 402 g/mol. The summed E-state index contributed by atoms with van der Waals surface area (Å²) in [6.45, 7) is 3.05. The van der Waals surface area contributed by atoms with E-state index >= 15 is 0 Å². The van der Waals surface area contributed by atoms with Crippen LogP contribution >= 0.6 is 0 Å². The Kier molecular flexibility index (Phi) is 6.36. The number of ether oxygens (including phenoxy) is 1. The molecule has 2 aromatic rings. The van der Waals surface area contributed by atoms with E-state index in [1.807, 2.05) is 31.2 Å². The van der Waals surface area contributed by atoms with E-state index in [0.717, 1.165) is 24.1 Å². The van der Waals surface area contributed by atoms with Gasteiger partial charge in [-0.25, -0.2) is 8.42 Å². The van der Waals surface area contributed by atoms with E-state index in [4.69, 9.17) is 4.74 Å². The molecule has 1 aliphatic heterocycles. The lowest BCUT2D eigenvalue weighted by Gasteiger charge is -2.17. The van der Waals surface area contributed by atoms with E-state index in [9.17, 15) is 13.2 Å². The molecule has 0 radical (unpaired) electrons. The summed E-state index contributed by atoms with van der Waals surface area (Å²) < 4.78 is 32.5. The lowest BCUT2D eigenvalue weighted by atomic mass is 10.1. The number of rotatable bonds is 7. The number of para-hydroxylation sites is 1. The summed E-state index contributed by atoms with van der Waals surface area (Å²) in [5, 5.41) is 2.90. The summed E-state index contributed by atoms with van der Waals surface area (Å²) in [7, 11) is -1.96. The number of carbonyl (C=O) groups excluding carboxylic acids is 1. The zero-order valence-corrected chi connectivity index (χ0v) is 17.1. The molecule has 1 heterocycles. The molecule has 1 saturated heterocycles. The van der Waals surface area contributed by atoms with Crippen LogP contribution in [-0.4, -0.2) is 38.8 Å². The Bertz CT molecular complexity index is 951. The fraction of sp³-hybridized carbons (Fsp3) is 0.381. The average Bonchev–Trinajstić information content (AvgIpc) is 3.23. The first kappa shape index (κ1) is 20.4. The molecule has 0 saturated carbocycles. The SMILES string of the molecule is COc1ccc(S(=O)(=O)N2CCCC2)cc1CCC(=O)Nc1ccccc1C. The smallest absolute Gasteiger partial charge is 0.243 e. The van der Waals surface area contributed by atoms with Crippen LogP contribution in [0.4, 0.5) is 5.69 Å². The zero-order valence-electron chi connectivity index (χ0n) is 16.3. The van der Waals surface area contributed by atoms with E-state index < -0.39 is 10.0 Å². The van der Waals surface area contributed by atoms with Crippen molar-refractivity contribution >= 4 is 21.6 Å². The van der Waals surface area contributed by atoms with Gasteiger partial charge in [0.15, 0.2) is 0 Å². The Morgan fingerprint density at radius 1 is 1.14 bits per heavy atom. The van der Waals surface area contributed by atoms with Gasteiger partial charge >= 0.3 is 0 Å². The molecule has 0 unspecified atom stereocenters. The number of aryl methyl sites for hydroxylation is 2. The maximum atomic E-state index is 12.8. The number of methoxy groups -OCH3 is 1. The number of amides is 1. The van der Waals surface area contributed by atoms with Crippen molar-refractivity contribution in [1.29, 1.82) is 0 Å². The number of nitrogens with zero attached hydrogens (tertiary/aromatic N) is 1. The Labute approximate surface area is 166 Å². The second kappa shape index (κ2) is 8.75. The van der Waals surface area contributed by atoms with Crippen molar-refractivity contribution < 1.29 is 17.9 Å². The third-order valence-corrected chi connectivity index (χ3v) is 6.89. The molecular weight excluding hydrogens is 376 g/mol. The van der Waals surface area contributed by atoms with Crippen molar-refractivity contribution in [1.82, 2.24) is 4.31 Å². The van der Waals surface area contributed by atoms with Crippen molar-refractivity contribution in [2.75, 3.05) is 25.5 Å². The predicted octanol–water partition coefficient (Wildman–Crippen LogP) is 3.36. The topological polar surface area (TPSA) is 75.7 Å². The summed E-state index contributed by atoms with van der Waals surface area (Å²) >= 11 is 0. The second-order valence-corrected chi connectivity index (χ2v) is 8.89. The lowest BCUT2D eigenvalue weighted by Crippen LogP contribution is -2.28. The molecule has 3 rings (SSSR count). The number of anilines is 1. The number of carbonyl (C=O) groups is 1. The third-order valence-electron chi connectivity index (χ3n) is 5.00. The molecule has 6 nitrogen and oxygen atoms in total. The van der Waals surface area contributed by atoms with Gasteiger partial charge in [0.1, 0.15) is 5.75 Å². The fourth-order valence-corrected chi connectivity index (χ4v) is 4.93. The van der Waals surface area contributed by atoms with Gasteiger partial charge in [-0.15, -0.1) is 0 Å². The van der Waals surface area contributed by atoms with Crippen LogP contribution in [0.1, 0.15) is 30.4 Å². The molecule has 28 heavy (non-hydrogen) atoms. The summed E-state index contributed by atoms with van der Waals surface area (Å²) in [6, 6.07) is 12.5. The van der Waals surface area contributed by atoms with Gasteiger partial charge < -0.3 is 10.1 Å².